The molecule has 0 heterocycles. The molecule has 0 saturated heterocycles. The van der Waals surface area contributed by atoms with Crippen molar-refractivity contribution < 1.29 is 9.90 Å². The second-order valence-electron chi connectivity index (χ2n) is 2.74. The first-order valence-electron chi connectivity index (χ1n) is 3.27. The van der Waals surface area contributed by atoms with Crippen molar-refractivity contribution in [2.45, 2.75) is 19.4 Å². The van der Waals surface area contributed by atoms with Crippen LogP contribution in [0.15, 0.2) is 11.6 Å². The van der Waals surface area contributed by atoms with Gasteiger partial charge in [-0.3, -0.25) is 4.79 Å². The Labute approximate surface area is 59.5 Å². The van der Waals surface area contributed by atoms with E-state index in [2.05, 4.69) is 0 Å². The summed E-state index contributed by atoms with van der Waals surface area (Å²) in [6, 6.07) is -0.280. The van der Waals surface area contributed by atoms with Crippen molar-refractivity contribution in [2.75, 3.05) is 0 Å². The summed E-state index contributed by atoms with van der Waals surface area (Å²) in [5.41, 5.74) is 6.60. The van der Waals surface area contributed by atoms with Gasteiger partial charge in [-0.05, 0) is 13.3 Å². The number of aliphatic carboxylic acids is 1. The van der Waals surface area contributed by atoms with Crippen molar-refractivity contribution in [2.24, 2.45) is 11.7 Å². The van der Waals surface area contributed by atoms with Gasteiger partial charge in [0.25, 0.3) is 0 Å². The van der Waals surface area contributed by atoms with Gasteiger partial charge in [0.1, 0.15) is 0 Å². The van der Waals surface area contributed by atoms with Crippen LogP contribution < -0.4 is 5.73 Å². The van der Waals surface area contributed by atoms with Crippen molar-refractivity contribution in [3.63, 3.8) is 0 Å². The van der Waals surface area contributed by atoms with E-state index in [1.165, 1.54) is 0 Å². The molecule has 3 nitrogen and oxygen atoms in total. The van der Waals surface area contributed by atoms with E-state index in [0.717, 1.165) is 5.57 Å². The van der Waals surface area contributed by atoms with Crippen molar-refractivity contribution in [3.8, 4) is 0 Å². The third-order valence-electron chi connectivity index (χ3n) is 1.80. The molecule has 0 fully saturated rings. The third kappa shape index (κ3) is 1.19. The summed E-state index contributed by atoms with van der Waals surface area (Å²) >= 11 is 0. The molecule has 2 atom stereocenters. The minimum absolute atomic E-state index is 0.280. The maximum atomic E-state index is 10.4. The lowest BCUT2D eigenvalue weighted by atomic mass is 10.0. The van der Waals surface area contributed by atoms with E-state index < -0.39 is 5.97 Å². The summed E-state index contributed by atoms with van der Waals surface area (Å²) in [6.07, 6.45) is 2.43. The van der Waals surface area contributed by atoms with E-state index in [1.54, 1.807) is 0 Å². The molecular weight excluding hydrogens is 130 g/mol. The Bertz CT molecular complexity index is 186. The van der Waals surface area contributed by atoms with Crippen molar-refractivity contribution in [3.05, 3.63) is 11.6 Å². The van der Waals surface area contributed by atoms with Crippen LogP contribution in [0.3, 0.4) is 0 Å². The van der Waals surface area contributed by atoms with Crippen LogP contribution in [0.4, 0.5) is 0 Å². The monoisotopic (exact) mass is 141 g/mol. The fourth-order valence-electron chi connectivity index (χ4n) is 1.25. The highest BCUT2D eigenvalue weighted by Gasteiger charge is 2.28. The van der Waals surface area contributed by atoms with E-state index in [0.29, 0.717) is 6.42 Å². The first-order valence-corrected chi connectivity index (χ1v) is 3.27. The maximum absolute atomic E-state index is 10.4. The van der Waals surface area contributed by atoms with E-state index in [4.69, 9.17) is 10.8 Å². The second kappa shape index (κ2) is 2.42. The standard InChI is InChI=1S/C7H11NO2/c1-4-2-5(7(9)10)6(8)3-4/h3,5-6H,2,8H2,1H3,(H,9,10)/t5-,6+/m1/s1. The summed E-state index contributed by atoms with van der Waals surface area (Å²) in [4.78, 5) is 10.4. The fraction of sp³-hybridized carbons (Fsp3) is 0.571. The average molecular weight is 141 g/mol. The third-order valence-corrected chi connectivity index (χ3v) is 1.80. The van der Waals surface area contributed by atoms with Crippen LogP contribution >= 0.6 is 0 Å². The van der Waals surface area contributed by atoms with E-state index in [9.17, 15) is 4.79 Å². The minimum Gasteiger partial charge on any atom is -0.481 e. The summed E-state index contributed by atoms with van der Waals surface area (Å²) in [6.45, 7) is 1.91. The Morgan fingerprint density at radius 1 is 1.90 bits per heavy atom. The molecule has 0 amide bonds. The summed E-state index contributed by atoms with van der Waals surface area (Å²) in [5.74, 6) is -1.18. The van der Waals surface area contributed by atoms with Crippen molar-refractivity contribution in [1.29, 1.82) is 0 Å². The predicted octanol–water partition coefficient (Wildman–Crippen LogP) is 0.365. The van der Waals surface area contributed by atoms with Crippen molar-refractivity contribution in [1.82, 2.24) is 0 Å². The van der Waals surface area contributed by atoms with Crippen LogP contribution in [0, 0.1) is 5.92 Å². The highest BCUT2D eigenvalue weighted by molar-refractivity contribution is 5.72. The Morgan fingerprint density at radius 3 is 2.70 bits per heavy atom. The topological polar surface area (TPSA) is 63.3 Å². The van der Waals surface area contributed by atoms with Crippen molar-refractivity contribution >= 4 is 5.97 Å². The molecular formula is C7H11NO2. The molecule has 0 aromatic carbocycles. The molecule has 56 valence electrons. The number of allylic oxidation sites excluding steroid dienone is 1. The lowest BCUT2D eigenvalue weighted by Crippen LogP contribution is -2.30. The SMILES string of the molecule is CC1=C[C@H](N)[C@H](C(=O)O)C1. The smallest absolute Gasteiger partial charge is 0.308 e. The Hall–Kier alpha value is -0.830. The van der Waals surface area contributed by atoms with Gasteiger partial charge in [-0.1, -0.05) is 11.6 Å². The van der Waals surface area contributed by atoms with Gasteiger partial charge in [-0.2, -0.15) is 0 Å². The van der Waals surface area contributed by atoms with Gasteiger partial charge in [-0.25, -0.2) is 0 Å². The normalized spacial score (nSPS) is 32.0. The number of hydrogen-bond donors (Lipinski definition) is 2. The van der Waals surface area contributed by atoms with Crippen LogP contribution in [-0.2, 0) is 4.79 Å². The van der Waals surface area contributed by atoms with E-state index in [1.807, 2.05) is 13.0 Å². The summed E-state index contributed by atoms with van der Waals surface area (Å²) < 4.78 is 0. The molecule has 0 aromatic heterocycles. The van der Waals surface area contributed by atoms with Gasteiger partial charge in [0, 0.05) is 6.04 Å². The van der Waals surface area contributed by atoms with Gasteiger partial charge in [0.2, 0.25) is 0 Å². The molecule has 0 bridgehead atoms. The fourth-order valence-corrected chi connectivity index (χ4v) is 1.25. The largest absolute Gasteiger partial charge is 0.481 e. The molecule has 0 radical (unpaired) electrons. The van der Waals surface area contributed by atoms with Crippen LogP contribution in [0.2, 0.25) is 0 Å². The first-order chi connectivity index (χ1) is 4.61. The van der Waals surface area contributed by atoms with Crippen LogP contribution in [0.5, 0.6) is 0 Å². The molecule has 0 spiro atoms. The zero-order chi connectivity index (χ0) is 7.72. The number of carboxylic acid groups (broad SMARTS) is 1. The Morgan fingerprint density at radius 2 is 2.50 bits per heavy atom. The molecule has 0 aliphatic heterocycles. The number of carbonyl (C=O) groups is 1. The number of hydrogen-bond acceptors (Lipinski definition) is 2. The Kier molecular flexibility index (Phi) is 1.76. The van der Waals surface area contributed by atoms with E-state index in [-0.39, 0.29) is 12.0 Å². The van der Waals surface area contributed by atoms with E-state index >= 15 is 0 Å². The average Bonchev–Trinajstić information content (AvgIpc) is 2.10. The first kappa shape index (κ1) is 7.28. The number of nitrogens with two attached hydrogens (primary N) is 1. The lowest BCUT2D eigenvalue weighted by Gasteiger charge is -2.07. The molecule has 0 aromatic rings. The van der Waals surface area contributed by atoms with Crippen LogP contribution in [-0.4, -0.2) is 17.1 Å². The van der Waals surface area contributed by atoms with Crippen LogP contribution in [0.25, 0.3) is 0 Å². The molecule has 0 saturated carbocycles. The van der Waals surface area contributed by atoms with Crippen LogP contribution in [0.1, 0.15) is 13.3 Å². The maximum Gasteiger partial charge on any atom is 0.308 e. The number of carboxylic acids is 1. The highest BCUT2D eigenvalue weighted by atomic mass is 16.4. The predicted molar refractivity (Wildman–Crippen MR) is 37.5 cm³/mol. The molecule has 1 aliphatic rings. The lowest BCUT2D eigenvalue weighted by molar-refractivity contribution is -0.141. The molecule has 1 rings (SSSR count). The zero-order valence-electron chi connectivity index (χ0n) is 5.87. The van der Waals surface area contributed by atoms with Gasteiger partial charge in [0.15, 0.2) is 0 Å². The van der Waals surface area contributed by atoms with Gasteiger partial charge < -0.3 is 10.8 Å². The summed E-state index contributed by atoms with van der Waals surface area (Å²) in [5, 5.41) is 8.59. The van der Waals surface area contributed by atoms with Gasteiger partial charge >= 0.3 is 5.97 Å². The second-order valence-corrected chi connectivity index (χ2v) is 2.74. The molecule has 10 heavy (non-hydrogen) atoms. The van der Waals surface area contributed by atoms with Gasteiger partial charge in [0.05, 0.1) is 5.92 Å². The summed E-state index contributed by atoms with van der Waals surface area (Å²) in [7, 11) is 0. The Balaban J connectivity index is 2.63. The number of rotatable bonds is 1. The minimum atomic E-state index is -0.791. The molecule has 0 unspecified atom stereocenters. The highest BCUT2D eigenvalue weighted by Crippen LogP contribution is 2.23. The molecule has 3 N–H and O–H groups in total. The van der Waals surface area contributed by atoms with Gasteiger partial charge in [-0.15, -0.1) is 0 Å². The zero-order valence-corrected chi connectivity index (χ0v) is 5.87. The quantitative estimate of drug-likeness (QED) is 0.518. The molecule has 1 aliphatic carbocycles. The molecule has 3 heteroatoms.